The highest BCUT2D eigenvalue weighted by Gasteiger charge is 2.54. The topological polar surface area (TPSA) is 160 Å². The van der Waals surface area contributed by atoms with Gasteiger partial charge < -0.3 is 25.4 Å². The summed E-state index contributed by atoms with van der Waals surface area (Å²) in [6.07, 6.45) is -6.74. The zero-order valence-electron chi connectivity index (χ0n) is 38.0. The largest absolute Gasteiger partial charge is 0.573 e. The fourth-order valence-electron chi connectivity index (χ4n) is 9.18. The van der Waals surface area contributed by atoms with Crippen molar-refractivity contribution >= 4 is 40.9 Å². The Bertz CT molecular complexity index is 3070. The van der Waals surface area contributed by atoms with Crippen LogP contribution in [-0.2, 0) is 6.42 Å². The Morgan fingerprint density at radius 3 is 1.55 bits per heavy atom. The molecule has 6 aromatic rings. The summed E-state index contributed by atoms with van der Waals surface area (Å²) in [5.41, 5.74) is 7.02. The Kier molecular flexibility index (Phi) is 13.5. The maximum atomic E-state index is 13.6. The van der Waals surface area contributed by atoms with Crippen LogP contribution in [0.15, 0.2) is 133 Å². The van der Waals surface area contributed by atoms with Crippen molar-refractivity contribution in [1.29, 1.82) is 10.5 Å². The van der Waals surface area contributed by atoms with Gasteiger partial charge >= 0.3 is 12.7 Å². The first kappa shape index (κ1) is 49.1. The normalized spacial score (nSPS) is 18.2. The number of carbonyl (C=O) groups excluding carboxylic acids is 3. The van der Waals surface area contributed by atoms with E-state index in [4.69, 9.17) is 5.26 Å². The van der Waals surface area contributed by atoms with Crippen molar-refractivity contribution in [2.24, 2.45) is 5.92 Å². The first-order valence-electron chi connectivity index (χ1n) is 22.1. The molecule has 4 aliphatic rings. The number of alkyl halides is 6. The molecule has 3 aliphatic heterocycles. The molecule has 1 saturated heterocycles. The Labute approximate surface area is 404 Å². The predicted octanol–water partition coefficient (Wildman–Crippen LogP) is 10.8. The van der Waals surface area contributed by atoms with E-state index >= 15 is 0 Å². The summed E-state index contributed by atoms with van der Waals surface area (Å²) in [4.78, 5) is 40.2. The van der Waals surface area contributed by atoms with Crippen LogP contribution in [0, 0.1) is 42.4 Å². The second kappa shape index (κ2) is 19.6. The number of fused-ring (bicyclic) bond motifs is 2. The first-order valence-corrected chi connectivity index (χ1v) is 22.1. The summed E-state index contributed by atoms with van der Waals surface area (Å²) < 4.78 is 82.7. The van der Waals surface area contributed by atoms with Crippen LogP contribution in [0.2, 0.25) is 0 Å². The minimum atomic E-state index is -4.79. The van der Waals surface area contributed by atoms with Gasteiger partial charge in [-0.3, -0.25) is 24.2 Å². The minimum Gasteiger partial charge on any atom is -0.406 e. The van der Waals surface area contributed by atoms with Crippen molar-refractivity contribution in [3.05, 3.63) is 178 Å². The van der Waals surface area contributed by atoms with Crippen LogP contribution >= 0.6 is 0 Å². The number of nitriles is 2. The van der Waals surface area contributed by atoms with Crippen molar-refractivity contribution in [2.45, 2.75) is 57.2 Å². The van der Waals surface area contributed by atoms with Gasteiger partial charge in [0.05, 0.1) is 34.4 Å². The lowest BCUT2D eigenvalue weighted by molar-refractivity contribution is -0.275. The summed E-state index contributed by atoms with van der Waals surface area (Å²) in [7, 11) is 0. The molecule has 2 fully saturated rings. The van der Waals surface area contributed by atoms with Gasteiger partial charge in [0, 0.05) is 41.4 Å². The lowest BCUT2D eigenvalue weighted by Crippen LogP contribution is -2.76. The highest BCUT2D eigenvalue weighted by atomic mass is 19.4. The van der Waals surface area contributed by atoms with E-state index in [-0.39, 0.29) is 29.2 Å². The molecule has 2 spiro atoms. The van der Waals surface area contributed by atoms with Gasteiger partial charge in [0.1, 0.15) is 29.1 Å². The molecule has 10 rings (SSSR count). The number of anilines is 4. The lowest BCUT2D eigenvalue weighted by atomic mass is 9.69. The lowest BCUT2D eigenvalue weighted by Gasteiger charge is -2.57. The van der Waals surface area contributed by atoms with Gasteiger partial charge in [-0.1, -0.05) is 36.4 Å². The summed E-state index contributed by atoms with van der Waals surface area (Å²) in [5.74, 6) is -0.785. The average Bonchev–Trinajstić information content (AvgIpc) is 3.30. The number of rotatable bonds is 7. The third kappa shape index (κ3) is 10.9. The van der Waals surface area contributed by atoms with Crippen molar-refractivity contribution in [3.8, 4) is 23.6 Å². The van der Waals surface area contributed by atoms with E-state index in [1.807, 2.05) is 62.4 Å². The Hall–Kier alpha value is -8.35. The van der Waals surface area contributed by atoms with Gasteiger partial charge in [-0.15, -0.1) is 26.3 Å². The molecule has 0 unspecified atom stereocenters. The molecule has 6 aromatic carbocycles. The Balaban J connectivity index is 0.000000164. The molecule has 0 atom stereocenters. The number of hydrogen-bond donors (Lipinski definition) is 3. The van der Waals surface area contributed by atoms with Gasteiger partial charge in [-0.05, 0) is 153 Å². The van der Waals surface area contributed by atoms with E-state index in [9.17, 15) is 46.0 Å². The molecule has 2 amide bonds. The highest BCUT2D eigenvalue weighted by molar-refractivity contribution is 6.14. The summed E-state index contributed by atoms with van der Waals surface area (Å²) in [5, 5.41) is 27.7. The summed E-state index contributed by atoms with van der Waals surface area (Å²) in [6, 6.07) is 40.0. The maximum Gasteiger partial charge on any atom is 0.573 e. The van der Waals surface area contributed by atoms with Crippen molar-refractivity contribution in [3.63, 3.8) is 0 Å². The second-order valence-electron chi connectivity index (χ2n) is 17.5. The third-order valence-electron chi connectivity index (χ3n) is 12.3. The van der Waals surface area contributed by atoms with Crippen LogP contribution in [0.4, 0.5) is 49.1 Å². The van der Waals surface area contributed by atoms with Gasteiger partial charge in [0.15, 0.2) is 0 Å². The number of aryl methyl sites for hydroxylation is 2. The van der Waals surface area contributed by atoms with Crippen molar-refractivity contribution < 1.29 is 50.2 Å². The molecular formula is C53H43F6N7O5. The van der Waals surface area contributed by atoms with E-state index in [1.54, 1.807) is 52.3 Å². The number of nitrogens with one attached hydrogen (secondary N) is 3. The maximum absolute atomic E-state index is 13.6. The molecule has 1 saturated carbocycles. The highest BCUT2D eigenvalue weighted by Crippen LogP contribution is 2.50. The molecule has 3 N–H and O–H groups in total. The second-order valence-corrected chi connectivity index (χ2v) is 17.5. The molecule has 362 valence electrons. The molecule has 18 heteroatoms. The van der Waals surface area contributed by atoms with Gasteiger partial charge in [-0.25, -0.2) is 0 Å². The smallest absolute Gasteiger partial charge is 0.406 e. The minimum absolute atomic E-state index is 0.190. The molecule has 0 radical (unpaired) electrons. The quantitative estimate of drug-likeness (QED) is 0.104. The number of halogens is 6. The average molecular weight is 972 g/mol. The number of carbonyl (C=O) groups is 3. The van der Waals surface area contributed by atoms with Crippen LogP contribution in [0.1, 0.15) is 71.7 Å². The molecule has 3 heterocycles. The first-order chi connectivity index (χ1) is 33.8. The van der Waals surface area contributed by atoms with Crippen molar-refractivity contribution in [1.82, 2.24) is 5.32 Å². The SMILES string of the molecule is Cc1ccc2c(c1)NC1(CC(Cc3cccc(C#N)c3)C1)N(c1ccc(OC(F)(F)F)cc1)C2=O.Cc1ccc2c(c1)NC1(CNC1)N(c1ccc(OC(F)(F)F)cc1)C2=O.N#Cc1cccc(C=O)c1. The number of nitrogens with zero attached hydrogens (tertiary/aromatic N) is 4. The van der Waals surface area contributed by atoms with Crippen LogP contribution in [0.3, 0.4) is 0 Å². The Morgan fingerprint density at radius 1 is 0.634 bits per heavy atom. The van der Waals surface area contributed by atoms with Gasteiger partial charge in [0.2, 0.25) is 0 Å². The number of aldehydes is 1. The van der Waals surface area contributed by atoms with Gasteiger partial charge in [-0.2, -0.15) is 10.5 Å². The van der Waals surface area contributed by atoms with E-state index in [0.29, 0.717) is 65.1 Å². The Morgan fingerprint density at radius 2 is 1.10 bits per heavy atom. The predicted molar refractivity (Wildman–Crippen MR) is 252 cm³/mol. The number of amides is 2. The number of benzene rings is 6. The molecule has 12 nitrogen and oxygen atoms in total. The van der Waals surface area contributed by atoms with Crippen LogP contribution in [-0.4, -0.2) is 55.2 Å². The van der Waals surface area contributed by atoms with Crippen molar-refractivity contribution in [2.75, 3.05) is 33.5 Å². The van der Waals surface area contributed by atoms with Crippen LogP contribution < -0.4 is 35.2 Å². The van der Waals surface area contributed by atoms with Crippen LogP contribution in [0.25, 0.3) is 0 Å². The molecule has 1 aliphatic carbocycles. The van der Waals surface area contributed by atoms with E-state index in [1.165, 1.54) is 48.5 Å². The fourth-order valence-corrected chi connectivity index (χ4v) is 9.18. The monoisotopic (exact) mass is 971 g/mol. The summed E-state index contributed by atoms with van der Waals surface area (Å²) >= 11 is 0. The van der Waals surface area contributed by atoms with Gasteiger partial charge in [0.25, 0.3) is 11.8 Å². The molecular weight excluding hydrogens is 929 g/mol. The van der Waals surface area contributed by atoms with E-state index in [2.05, 4.69) is 31.5 Å². The third-order valence-corrected chi connectivity index (χ3v) is 12.3. The molecule has 0 aromatic heterocycles. The zero-order valence-corrected chi connectivity index (χ0v) is 38.0. The van der Waals surface area contributed by atoms with E-state index in [0.717, 1.165) is 40.8 Å². The number of hydrogen-bond acceptors (Lipinski definition) is 10. The fraction of sp³-hybridized carbons (Fsp3) is 0.226. The van der Waals surface area contributed by atoms with E-state index < -0.39 is 24.1 Å². The molecule has 71 heavy (non-hydrogen) atoms. The molecule has 0 bridgehead atoms. The standard InChI is InChI=1S/C27H22F3N3O2.C18H16F3N3O2.C8H5NO/c1-17-5-10-23-24(11-17)32-26(14-20(15-26)13-18-3-2-4-19(12-18)16-31)33(25(23)34)21-6-8-22(9-7-21)35-27(28,29)30;1-11-2-7-14-15(8-11)23-17(9-22-10-17)24(16(14)25)12-3-5-13(6-4-12)26-18(19,20)21;9-5-7-2-1-3-8(4-7)6-10/h2-12,20,32H,13-15H2,1H3;2-8,22-23H,9-10H2,1H3;1-4,6H. The zero-order chi connectivity index (χ0) is 50.7. The van der Waals surface area contributed by atoms with Crippen LogP contribution in [0.5, 0.6) is 11.5 Å². The summed E-state index contributed by atoms with van der Waals surface area (Å²) in [6.45, 7) is 4.97. The number of ether oxygens (including phenoxy) is 2.